The Hall–Kier alpha value is -3.16. The highest BCUT2D eigenvalue weighted by Crippen LogP contribution is 2.24. The standard InChI is InChI=1S/C23H30N4O4/c1-5-9-21(28)30-18(4)22-24-13-12-20(25-22)26-14-16(2)27(17(3)15-26)23(29)31-19-10-7-6-8-11-19/h6-8,10-13,16-18H,5,9,14-15H2,1-4H3/t16-,17+,18-/m1/s1. The Morgan fingerprint density at radius 2 is 1.81 bits per heavy atom. The minimum absolute atomic E-state index is 0.0711. The molecule has 1 amide bonds. The molecule has 31 heavy (non-hydrogen) atoms. The Labute approximate surface area is 183 Å². The van der Waals surface area contributed by atoms with Crippen molar-refractivity contribution in [1.29, 1.82) is 0 Å². The van der Waals surface area contributed by atoms with Crippen molar-refractivity contribution in [1.82, 2.24) is 14.9 Å². The van der Waals surface area contributed by atoms with Crippen molar-refractivity contribution >= 4 is 17.9 Å². The van der Waals surface area contributed by atoms with E-state index in [1.165, 1.54) is 0 Å². The molecule has 2 heterocycles. The van der Waals surface area contributed by atoms with Crippen molar-refractivity contribution < 1.29 is 19.1 Å². The van der Waals surface area contributed by atoms with Crippen molar-refractivity contribution in [2.24, 2.45) is 0 Å². The van der Waals surface area contributed by atoms with Crippen LogP contribution in [0.25, 0.3) is 0 Å². The number of nitrogens with zero attached hydrogens (tertiary/aromatic N) is 4. The molecule has 0 N–H and O–H groups in total. The van der Waals surface area contributed by atoms with Gasteiger partial charge in [0.05, 0.1) is 12.1 Å². The van der Waals surface area contributed by atoms with E-state index in [1.54, 1.807) is 30.2 Å². The van der Waals surface area contributed by atoms with Crippen LogP contribution in [0.3, 0.4) is 0 Å². The molecule has 1 aliphatic rings. The maximum atomic E-state index is 12.7. The normalized spacial score (nSPS) is 19.6. The smallest absolute Gasteiger partial charge is 0.415 e. The van der Waals surface area contributed by atoms with Crippen molar-refractivity contribution in [2.45, 2.75) is 58.7 Å². The van der Waals surface area contributed by atoms with Gasteiger partial charge in [-0.2, -0.15) is 0 Å². The van der Waals surface area contributed by atoms with Gasteiger partial charge in [0, 0.05) is 25.7 Å². The number of carbonyl (C=O) groups excluding carboxylic acids is 2. The first-order valence-corrected chi connectivity index (χ1v) is 10.7. The number of anilines is 1. The van der Waals surface area contributed by atoms with Gasteiger partial charge in [0.25, 0.3) is 0 Å². The van der Waals surface area contributed by atoms with Gasteiger partial charge >= 0.3 is 12.1 Å². The lowest BCUT2D eigenvalue weighted by atomic mass is 10.1. The first kappa shape index (κ1) is 22.5. The Morgan fingerprint density at radius 3 is 2.45 bits per heavy atom. The zero-order chi connectivity index (χ0) is 22.4. The number of ether oxygens (including phenoxy) is 2. The molecule has 2 aromatic rings. The molecular formula is C23H30N4O4. The third-order valence-corrected chi connectivity index (χ3v) is 5.19. The largest absolute Gasteiger partial charge is 0.454 e. The maximum absolute atomic E-state index is 12.7. The quantitative estimate of drug-likeness (QED) is 0.646. The van der Waals surface area contributed by atoms with Gasteiger partial charge in [0.15, 0.2) is 11.9 Å². The van der Waals surface area contributed by atoms with Crippen LogP contribution in [0.15, 0.2) is 42.6 Å². The molecule has 3 rings (SSSR count). The van der Waals surface area contributed by atoms with Gasteiger partial charge in [-0.25, -0.2) is 14.8 Å². The average Bonchev–Trinajstić information content (AvgIpc) is 2.74. The molecule has 1 saturated heterocycles. The second-order valence-electron chi connectivity index (χ2n) is 7.85. The molecule has 8 heteroatoms. The van der Waals surface area contributed by atoms with Crippen LogP contribution in [0.2, 0.25) is 0 Å². The van der Waals surface area contributed by atoms with E-state index in [9.17, 15) is 9.59 Å². The topological polar surface area (TPSA) is 84.9 Å². The summed E-state index contributed by atoms with van der Waals surface area (Å²) in [6.07, 6.45) is 1.91. The lowest BCUT2D eigenvalue weighted by Gasteiger charge is -2.44. The van der Waals surface area contributed by atoms with E-state index in [2.05, 4.69) is 14.9 Å². The predicted octanol–water partition coefficient (Wildman–Crippen LogP) is 3.98. The molecule has 1 aromatic carbocycles. The lowest BCUT2D eigenvalue weighted by Crippen LogP contribution is -2.59. The Morgan fingerprint density at radius 1 is 1.13 bits per heavy atom. The van der Waals surface area contributed by atoms with Crippen molar-refractivity contribution in [3.8, 4) is 5.75 Å². The summed E-state index contributed by atoms with van der Waals surface area (Å²) in [5.41, 5.74) is 0. The van der Waals surface area contributed by atoms with E-state index in [4.69, 9.17) is 9.47 Å². The predicted molar refractivity (Wildman–Crippen MR) is 117 cm³/mol. The summed E-state index contributed by atoms with van der Waals surface area (Å²) in [5, 5.41) is 0. The van der Waals surface area contributed by atoms with Gasteiger partial charge in [0.2, 0.25) is 0 Å². The van der Waals surface area contributed by atoms with Crippen LogP contribution in [0.4, 0.5) is 10.6 Å². The number of amides is 1. The lowest BCUT2D eigenvalue weighted by molar-refractivity contribution is -0.149. The summed E-state index contributed by atoms with van der Waals surface area (Å²) < 4.78 is 11.0. The molecule has 0 aliphatic carbocycles. The fraction of sp³-hybridized carbons (Fsp3) is 0.478. The molecule has 1 aromatic heterocycles. The van der Waals surface area contributed by atoms with Crippen LogP contribution < -0.4 is 9.64 Å². The molecule has 3 atom stereocenters. The Bertz CT molecular complexity index is 880. The molecule has 0 saturated carbocycles. The van der Waals surface area contributed by atoms with Gasteiger partial charge in [-0.05, 0) is 45.4 Å². The number of aromatic nitrogens is 2. The fourth-order valence-corrected chi connectivity index (χ4v) is 3.76. The zero-order valence-electron chi connectivity index (χ0n) is 18.5. The van der Waals surface area contributed by atoms with E-state index in [0.717, 1.165) is 12.2 Å². The van der Waals surface area contributed by atoms with Crippen molar-refractivity contribution in [2.75, 3.05) is 18.0 Å². The Kier molecular flexibility index (Phi) is 7.44. The van der Waals surface area contributed by atoms with E-state index >= 15 is 0 Å². The van der Waals surface area contributed by atoms with E-state index < -0.39 is 6.10 Å². The minimum Gasteiger partial charge on any atom is -0.454 e. The van der Waals surface area contributed by atoms with Gasteiger partial charge in [-0.15, -0.1) is 0 Å². The number of para-hydroxylation sites is 1. The van der Waals surface area contributed by atoms with Crippen LogP contribution in [-0.4, -0.2) is 52.1 Å². The summed E-state index contributed by atoms with van der Waals surface area (Å²) in [6, 6.07) is 10.8. The summed E-state index contributed by atoms with van der Waals surface area (Å²) in [6.45, 7) is 8.90. The van der Waals surface area contributed by atoms with Gasteiger partial charge < -0.3 is 14.4 Å². The monoisotopic (exact) mass is 426 g/mol. The molecule has 0 bridgehead atoms. The summed E-state index contributed by atoms with van der Waals surface area (Å²) in [5.74, 6) is 1.49. The zero-order valence-corrected chi connectivity index (χ0v) is 18.5. The molecule has 0 unspecified atom stereocenters. The number of hydrogen-bond donors (Lipinski definition) is 0. The second-order valence-corrected chi connectivity index (χ2v) is 7.85. The average molecular weight is 427 g/mol. The van der Waals surface area contributed by atoms with Crippen LogP contribution >= 0.6 is 0 Å². The number of piperazine rings is 1. The first-order valence-electron chi connectivity index (χ1n) is 10.7. The van der Waals surface area contributed by atoms with Crippen LogP contribution in [0.5, 0.6) is 5.75 Å². The van der Waals surface area contributed by atoms with E-state index in [1.807, 2.05) is 45.0 Å². The molecule has 8 nitrogen and oxygen atoms in total. The van der Waals surface area contributed by atoms with Crippen molar-refractivity contribution in [3.63, 3.8) is 0 Å². The third kappa shape index (κ3) is 5.71. The molecule has 0 radical (unpaired) electrons. The van der Waals surface area contributed by atoms with Gasteiger partial charge in [0.1, 0.15) is 11.6 Å². The van der Waals surface area contributed by atoms with E-state index in [-0.39, 0.29) is 24.1 Å². The van der Waals surface area contributed by atoms with E-state index in [0.29, 0.717) is 31.1 Å². The number of esters is 1. The van der Waals surface area contributed by atoms with Crippen molar-refractivity contribution in [3.05, 3.63) is 48.4 Å². The number of rotatable bonds is 6. The minimum atomic E-state index is -0.518. The highest BCUT2D eigenvalue weighted by molar-refractivity contribution is 5.72. The van der Waals surface area contributed by atoms with Crippen LogP contribution in [0, 0.1) is 0 Å². The second kappa shape index (κ2) is 10.2. The highest BCUT2D eigenvalue weighted by Gasteiger charge is 2.35. The summed E-state index contributed by atoms with van der Waals surface area (Å²) >= 11 is 0. The number of carbonyl (C=O) groups is 2. The summed E-state index contributed by atoms with van der Waals surface area (Å²) in [7, 11) is 0. The first-order chi connectivity index (χ1) is 14.9. The van der Waals surface area contributed by atoms with Crippen LogP contribution in [0.1, 0.15) is 52.5 Å². The number of benzene rings is 1. The highest BCUT2D eigenvalue weighted by atomic mass is 16.6. The summed E-state index contributed by atoms with van der Waals surface area (Å²) in [4.78, 5) is 37.3. The molecule has 1 aliphatic heterocycles. The fourth-order valence-electron chi connectivity index (χ4n) is 3.76. The maximum Gasteiger partial charge on any atom is 0.415 e. The SMILES string of the molecule is CCCC(=O)O[C@H](C)c1nccc(N2C[C@@H](C)N(C(=O)Oc3ccccc3)[C@@H](C)C2)n1. The Balaban J connectivity index is 1.66. The van der Waals surface area contributed by atoms with Gasteiger partial charge in [-0.1, -0.05) is 25.1 Å². The van der Waals surface area contributed by atoms with Gasteiger partial charge in [-0.3, -0.25) is 9.69 Å². The third-order valence-electron chi connectivity index (χ3n) is 5.19. The van der Waals surface area contributed by atoms with Crippen LogP contribution in [-0.2, 0) is 9.53 Å². The number of hydrogen-bond acceptors (Lipinski definition) is 7. The molecule has 1 fully saturated rings. The molecular weight excluding hydrogens is 396 g/mol. The molecule has 0 spiro atoms. The molecule has 166 valence electrons.